The molecule has 0 bridgehead atoms. The summed E-state index contributed by atoms with van der Waals surface area (Å²) in [6, 6.07) is 13.8. The van der Waals surface area contributed by atoms with E-state index in [-0.39, 0.29) is 6.10 Å². The van der Waals surface area contributed by atoms with Crippen molar-refractivity contribution in [2.75, 3.05) is 18.0 Å². The van der Waals surface area contributed by atoms with E-state index in [1.807, 2.05) is 55.7 Å². The number of benzene rings is 1. The summed E-state index contributed by atoms with van der Waals surface area (Å²) in [7, 11) is 1.90. The standard InChI is InChI=1S/C21H20N6O/c1-26-20-18(13-23-26)21(25-19(24-20)15-6-5-10-22-12-15)27-11-9-17(14-27)28-16-7-3-2-4-8-16/h2-8,10,12-13,17H,9,11,14H2,1H3/t17-/m1/s1. The molecule has 1 aromatic carbocycles. The van der Waals surface area contributed by atoms with Crippen LogP contribution in [0.15, 0.2) is 61.1 Å². The molecule has 4 heterocycles. The summed E-state index contributed by atoms with van der Waals surface area (Å²) >= 11 is 0. The Labute approximate surface area is 162 Å². The van der Waals surface area contributed by atoms with Gasteiger partial charge in [-0.15, -0.1) is 0 Å². The number of hydrogen-bond acceptors (Lipinski definition) is 6. The number of aromatic nitrogens is 5. The van der Waals surface area contributed by atoms with E-state index in [1.165, 1.54) is 0 Å². The van der Waals surface area contributed by atoms with Gasteiger partial charge in [-0.3, -0.25) is 9.67 Å². The SMILES string of the molecule is Cn1ncc2c(N3CC[C@@H](Oc4ccccc4)C3)nc(-c3cccnc3)nc21. The first-order valence-corrected chi connectivity index (χ1v) is 9.35. The van der Waals surface area contributed by atoms with Gasteiger partial charge in [-0.2, -0.15) is 5.10 Å². The van der Waals surface area contributed by atoms with Gasteiger partial charge in [0.05, 0.1) is 18.1 Å². The van der Waals surface area contributed by atoms with Crippen LogP contribution in [0.5, 0.6) is 5.75 Å². The van der Waals surface area contributed by atoms with E-state index in [9.17, 15) is 0 Å². The first-order valence-electron chi connectivity index (χ1n) is 9.35. The fraction of sp³-hybridized carbons (Fsp3) is 0.238. The van der Waals surface area contributed by atoms with Gasteiger partial charge in [0.15, 0.2) is 11.5 Å². The molecule has 28 heavy (non-hydrogen) atoms. The van der Waals surface area contributed by atoms with Gasteiger partial charge in [-0.25, -0.2) is 9.97 Å². The molecule has 5 rings (SSSR count). The lowest BCUT2D eigenvalue weighted by atomic mass is 10.2. The number of nitrogens with zero attached hydrogens (tertiary/aromatic N) is 6. The highest BCUT2D eigenvalue weighted by atomic mass is 16.5. The fourth-order valence-corrected chi connectivity index (χ4v) is 3.58. The number of pyridine rings is 1. The third-order valence-electron chi connectivity index (χ3n) is 4.98. The highest BCUT2D eigenvalue weighted by Crippen LogP contribution is 2.30. The minimum absolute atomic E-state index is 0.130. The average molecular weight is 372 g/mol. The summed E-state index contributed by atoms with van der Waals surface area (Å²) in [4.78, 5) is 16.1. The third-order valence-corrected chi connectivity index (χ3v) is 4.98. The Morgan fingerprint density at radius 2 is 1.93 bits per heavy atom. The normalized spacial score (nSPS) is 16.6. The van der Waals surface area contributed by atoms with Gasteiger partial charge >= 0.3 is 0 Å². The summed E-state index contributed by atoms with van der Waals surface area (Å²) in [6.45, 7) is 1.66. The van der Waals surface area contributed by atoms with Crippen molar-refractivity contribution >= 4 is 16.9 Å². The largest absolute Gasteiger partial charge is 0.489 e. The molecule has 1 fully saturated rings. The second-order valence-corrected chi connectivity index (χ2v) is 6.91. The third kappa shape index (κ3) is 3.05. The molecule has 0 spiro atoms. The van der Waals surface area contributed by atoms with Gasteiger partial charge in [0.2, 0.25) is 0 Å². The number of anilines is 1. The molecule has 0 radical (unpaired) electrons. The summed E-state index contributed by atoms with van der Waals surface area (Å²) in [6.07, 6.45) is 6.45. The molecule has 7 heteroatoms. The van der Waals surface area contributed by atoms with Crippen molar-refractivity contribution in [3.8, 4) is 17.1 Å². The van der Waals surface area contributed by atoms with E-state index in [2.05, 4.69) is 15.0 Å². The zero-order chi connectivity index (χ0) is 18.9. The van der Waals surface area contributed by atoms with Crippen molar-refractivity contribution in [3.05, 3.63) is 61.1 Å². The van der Waals surface area contributed by atoms with E-state index in [4.69, 9.17) is 14.7 Å². The van der Waals surface area contributed by atoms with Crippen molar-refractivity contribution < 1.29 is 4.74 Å². The Kier molecular flexibility index (Phi) is 4.12. The Balaban J connectivity index is 1.48. The Bertz CT molecular complexity index is 1100. The lowest BCUT2D eigenvalue weighted by Crippen LogP contribution is -2.25. The Morgan fingerprint density at radius 1 is 1.04 bits per heavy atom. The van der Waals surface area contributed by atoms with Crippen molar-refractivity contribution in [3.63, 3.8) is 0 Å². The van der Waals surface area contributed by atoms with Crippen LogP contribution in [0.3, 0.4) is 0 Å². The minimum Gasteiger partial charge on any atom is -0.489 e. The lowest BCUT2D eigenvalue weighted by Gasteiger charge is -2.19. The monoisotopic (exact) mass is 372 g/mol. The number of fused-ring (bicyclic) bond motifs is 1. The second-order valence-electron chi connectivity index (χ2n) is 6.91. The number of aryl methyl sites for hydroxylation is 1. The predicted octanol–water partition coefficient (Wildman–Crippen LogP) is 3.08. The maximum absolute atomic E-state index is 6.14. The number of ether oxygens (including phenoxy) is 1. The summed E-state index contributed by atoms with van der Waals surface area (Å²) in [5.41, 5.74) is 1.71. The minimum atomic E-state index is 0.130. The zero-order valence-corrected chi connectivity index (χ0v) is 15.6. The molecule has 1 atom stereocenters. The predicted molar refractivity (Wildman–Crippen MR) is 107 cm³/mol. The highest BCUT2D eigenvalue weighted by Gasteiger charge is 2.27. The van der Waals surface area contributed by atoms with Gasteiger partial charge in [-0.1, -0.05) is 18.2 Å². The zero-order valence-electron chi connectivity index (χ0n) is 15.6. The van der Waals surface area contributed by atoms with E-state index in [1.54, 1.807) is 17.1 Å². The molecule has 140 valence electrons. The quantitative estimate of drug-likeness (QED) is 0.548. The first-order chi connectivity index (χ1) is 13.8. The molecule has 1 aliphatic heterocycles. The molecule has 0 amide bonds. The maximum atomic E-state index is 6.14. The van der Waals surface area contributed by atoms with E-state index < -0.39 is 0 Å². The second kappa shape index (κ2) is 6.92. The Hall–Kier alpha value is -3.48. The molecule has 0 unspecified atom stereocenters. The van der Waals surface area contributed by atoms with Crippen LogP contribution in [-0.4, -0.2) is 43.9 Å². The number of rotatable bonds is 4. The molecule has 7 nitrogen and oxygen atoms in total. The molecule has 3 aromatic heterocycles. The van der Waals surface area contributed by atoms with Crippen LogP contribution < -0.4 is 9.64 Å². The molecular formula is C21H20N6O. The van der Waals surface area contributed by atoms with Crippen LogP contribution in [0.4, 0.5) is 5.82 Å². The van der Waals surface area contributed by atoms with Crippen molar-refractivity contribution in [2.24, 2.45) is 7.05 Å². The molecule has 4 aromatic rings. The van der Waals surface area contributed by atoms with Gasteiger partial charge in [-0.05, 0) is 24.3 Å². The fourth-order valence-electron chi connectivity index (χ4n) is 3.58. The molecular weight excluding hydrogens is 352 g/mol. The number of hydrogen-bond donors (Lipinski definition) is 0. The number of para-hydroxylation sites is 1. The van der Waals surface area contributed by atoms with Crippen LogP contribution in [0, 0.1) is 0 Å². The van der Waals surface area contributed by atoms with E-state index in [0.717, 1.165) is 47.7 Å². The van der Waals surface area contributed by atoms with Crippen LogP contribution >= 0.6 is 0 Å². The van der Waals surface area contributed by atoms with Gasteiger partial charge in [0.25, 0.3) is 0 Å². The van der Waals surface area contributed by atoms with Crippen molar-refractivity contribution in [2.45, 2.75) is 12.5 Å². The summed E-state index contributed by atoms with van der Waals surface area (Å²) in [5, 5.41) is 5.34. The van der Waals surface area contributed by atoms with Crippen LogP contribution in [0.2, 0.25) is 0 Å². The molecule has 1 aliphatic rings. The van der Waals surface area contributed by atoms with Crippen LogP contribution in [-0.2, 0) is 7.05 Å². The maximum Gasteiger partial charge on any atom is 0.165 e. The summed E-state index contributed by atoms with van der Waals surface area (Å²) < 4.78 is 7.93. The Morgan fingerprint density at radius 3 is 2.75 bits per heavy atom. The lowest BCUT2D eigenvalue weighted by molar-refractivity contribution is 0.225. The molecule has 0 N–H and O–H groups in total. The topological polar surface area (TPSA) is 69.0 Å². The van der Waals surface area contributed by atoms with Crippen LogP contribution in [0.25, 0.3) is 22.4 Å². The smallest absolute Gasteiger partial charge is 0.165 e. The van der Waals surface area contributed by atoms with Crippen molar-refractivity contribution in [1.82, 2.24) is 24.7 Å². The molecule has 0 aliphatic carbocycles. The summed E-state index contributed by atoms with van der Waals surface area (Å²) in [5.74, 6) is 2.46. The van der Waals surface area contributed by atoms with Gasteiger partial charge < -0.3 is 9.64 Å². The van der Waals surface area contributed by atoms with Crippen molar-refractivity contribution in [1.29, 1.82) is 0 Å². The van der Waals surface area contributed by atoms with E-state index in [0.29, 0.717) is 5.82 Å². The van der Waals surface area contributed by atoms with Gasteiger partial charge in [0.1, 0.15) is 17.7 Å². The molecule has 1 saturated heterocycles. The molecule has 0 saturated carbocycles. The van der Waals surface area contributed by atoms with Crippen LogP contribution in [0.1, 0.15) is 6.42 Å². The van der Waals surface area contributed by atoms with E-state index >= 15 is 0 Å². The van der Waals surface area contributed by atoms with Gasteiger partial charge in [0, 0.05) is 38.0 Å². The first kappa shape index (κ1) is 16.7. The average Bonchev–Trinajstić information content (AvgIpc) is 3.36. The highest BCUT2D eigenvalue weighted by molar-refractivity contribution is 5.88.